The van der Waals surface area contributed by atoms with Crippen molar-refractivity contribution >= 4 is 21.6 Å². The molecule has 1 aromatic carbocycles. The minimum Gasteiger partial charge on any atom is -0.378 e. The van der Waals surface area contributed by atoms with E-state index < -0.39 is 0 Å². The van der Waals surface area contributed by atoms with E-state index in [1.807, 2.05) is 12.1 Å². The summed E-state index contributed by atoms with van der Waals surface area (Å²) in [5.74, 6) is -0.296. The highest BCUT2D eigenvalue weighted by Crippen LogP contribution is 2.23. The van der Waals surface area contributed by atoms with Crippen LogP contribution in [0, 0.1) is 5.82 Å². The Morgan fingerprint density at radius 1 is 1.24 bits per heavy atom. The molecule has 2 N–H and O–H groups in total. The molecular formula is C15H12BrFN4. The van der Waals surface area contributed by atoms with Gasteiger partial charge in [0.25, 0.3) is 0 Å². The fourth-order valence-electron chi connectivity index (χ4n) is 2.03. The lowest BCUT2D eigenvalue weighted by Crippen LogP contribution is -2.02. The maximum Gasteiger partial charge on any atom is 0.147 e. The van der Waals surface area contributed by atoms with E-state index in [0.717, 1.165) is 16.8 Å². The maximum absolute atomic E-state index is 13.8. The van der Waals surface area contributed by atoms with Gasteiger partial charge in [0, 0.05) is 34.5 Å². The number of anilines is 1. The van der Waals surface area contributed by atoms with Gasteiger partial charge in [-0.1, -0.05) is 15.9 Å². The van der Waals surface area contributed by atoms with Gasteiger partial charge in [0.15, 0.2) is 0 Å². The number of halogens is 2. The van der Waals surface area contributed by atoms with Crippen LogP contribution in [0.4, 0.5) is 10.1 Å². The quantitative estimate of drug-likeness (QED) is 0.751. The van der Waals surface area contributed by atoms with Gasteiger partial charge >= 0.3 is 0 Å². The summed E-state index contributed by atoms with van der Waals surface area (Å²) in [6, 6.07) is 8.73. The van der Waals surface area contributed by atoms with Crippen molar-refractivity contribution in [1.29, 1.82) is 0 Å². The first-order chi connectivity index (χ1) is 10.2. The normalized spacial score (nSPS) is 10.6. The summed E-state index contributed by atoms with van der Waals surface area (Å²) < 4.78 is 14.5. The number of nitrogens with one attached hydrogen (secondary N) is 2. The molecule has 0 bridgehead atoms. The molecule has 0 amide bonds. The van der Waals surface area contributed by atoms with Gasteiger partial charge < -0.3 is 5.32 Å². The van der Waals surface area contributed by atoms with Gasteiger partial charge in [-0.15, -0.1) is 0 Å². The maximum atomic E-state index is 13.8. The molecule has 0 atom stereocenters. The standard InChI is InChI=1S/C15H12BrFN4/c16-12-3-4-14(13(17)6-12)19-8-11-9-20-21-15(11)10-2-1-5-18-7-10/h1-7,9,19H,8H2,(H,20,21). The summed E-state index contributed by atoms with van der Waals surface area (Å²) in [5, 5.41) is 10.1. The number of rotatable bonds is 4. The lowest BCUT2D eigenvalue weighted by molar-refractivity contribution is 0.629. The minimum atomic E-state index is -0.296. The average molecular weight is 347 g/mol. The number of aromatic nitrogens is 3. The Bertz CT molecular complexity index is 742. The number of hydrogen-bond donors (Lipinski definition) is 2. The molecule has 3 rings (SSSR count). The number of H-pyrrole nitrogens is 1. The molecule has 2 aromatic heterocycles. The van der Waals surface area contributed by atoms with Crippen LogP contribution >= 0.6 is 15.9 Å². The number of aromatic amines is 1. The van der Waals surface area contributed by atoms with E-state index in [1.165, 1.54) is 6.07 Å². The van der Waals surface area contributed by atoms with Crippen LogP contribution in [0.3, 0.4) is 0 Å². The molecule has 0 unspecified atom stereocenters. The molecule has 0 saturated carbocycles. The SMILES string of the molecule is Fc1cc(Br)ccc1NCc1cn[nH]c1-c1cccnc1. The highest BCUT2D eigenvalue weighted by atomic mass is 79.9. The molecule has 106 valence electrons. The van der Waals surface area contributed by atoms with Crippen molar-refractivity contribution in [1.82, 2.24) is 15.2 Å². The molecule has 0 aliphatic heterocycles. The molecule has 0 saturated heterocycles. The Hall–Kier alpha value is -2.21. The Kier molecular flexibility index (Phi) is 3.96. The zero-order valence-corrected chi connectivity index (χ0v) is 12.6. The third-order valence-corrected chi connectivity index (χ3v) is 3.56. The molecule has 3 aromatic rings. The third-order valence-electron chi connectivity index (χ3n) is 3.07. The number of pyridine rings is 1. The predicted molar refractivity (Wildman–Crippen MR) is 83.2 cm³/mol. The van der Waals surface area contributed by atoms with Gasteiger partial charge in [0.05, 0.1) is 17.6 Å². The lowest BCUT2D eigenvalue weighted by atomic mass is 10.1. The van der Waals surface area contributed by atoms with Crippen LogP contribution < -0.4 is 5.32 Å². The Morgan fingerprint density at radius 2 is 2.14 bits per heavy atom. The van der Waals surface area contributed by atoms with Crippen LogP contribution in [0.15, 0.2) is 53.4 Å². The largest absolute Gasteiger partial charge is 0.378 e. The first kappa shape index (κ1) is 13.8. The highest BCUT2D eigenvalue weighted by Gasteiger charge is 2.09. The molecule has 0 spiro atoms. The zero-order chi connectivity index (χ0) is 14.7. The van der Waals surface area contributed by atoms with Crippen LogP contribution in [0.2, 0.25) is 0 Å². The second-order valence-electron chi connectivity index (χ2n) is 4.49. The van der Waals surface area contributed by atoms with Gasteiger partial charge in [-0.05, 0) is 30.3 Å². The smallest absolute Gasteiger partial charge is 0.147 e. The first-order valence-corrected chi connectivity index (χ1v) is 7.15. The van der Waals surface area contributed by atoms with E-state index in [0.29, 0.717) is 16.7 Å². The summed E-state index contributed by atoms with van der Waals surface area (Å²) in [4.78, 5) is 4.09. The summed E-state index contributed by atoms with van der Waals surface area (Å²) in [6.07, 6.45) is 5.21. The Morgan fingerprint density at radius 3 is 2.90 bits per heavy atom. The van der Waals surface area contributed by atoms with Gasteiger partial charge in [-0.2, -0.15) is 5.10 Å². The molecule has 6 heteroatoms. The van der Waals surface area contributed by atoms with Crippen LogP contribution in [0.25, 0.3) is 11.3 Å². The third kappa shape index (κ3) is 3.11. The molecule has 2 heterocycles. The number of benzene rings is 1. The van der Waals surface area contributed by atoms with E-state index in [2.05, 4.69) is 36.4 Å². The molecule has 0 aliphatic rings. The molecule has 0 fully saturated rings. The fraction of sp³-hybridized carbons (Fsp3) is 0.0667. The van der Waals surface area contributed by atoms with Crippen molar-refractivity contribution in [2.75, 3.05) is 5.32 Å². The van der Waals surface area contributed by atoms with Crippen molar-refractivity contribution < 1.29 is 4.39 Å². The van der Waals surface area contributed by atoms with Crippen molar-refractivity contribution in [2.24, 2.45) is 0 Å². The van der Waals surface area contributed by atoms with Gasteiger partial charge in [0.2, 0.25) is 0 Å². The van der Waals surface area contributed by atoms with Gasteiger partial charge in [-0.3, -0.25) is 10.1 Å². The lowest BCUT2D eigenvalue weighted by Gasteiger charge is -2.08. The van der Waals surface area contributed by atoms with Crippen LogP contribution in [0.1, 0.15) is 5.56 Å². The Labute approximate surface area is 129 Å². The van der Waals surface area contributed by atoms with Crippen LogP contribution in [-0.2, 0) is 6.54 Å². The predicted octanol–water partition coefficient (Wildman–Crippen LogP) is 3.99. The second kappa shape index (κ2) is 6.05. The molecule has 4 nitrogen and oxygen atoms in total. The van der Waals surface area contributed by atoms with Crippen LogP contribution in [-0.4, -0.2) is 15.2 Å². The van der Waals surface area contributed by atoms with Crippen molar-refractivity contribution in [2.45, 2.75) is 6.54 Å². The van der Waals surface area contributed by atoms with E-state index in [-0.39, 0.29) is 5.82 Å². The van der Waals surface area contributed by atoms with Gasteiger partial charge in [0.1, 0.15) is 5.82 Å². The number of nitrogens with zero attached hydrogens (tertiary/aromatic N) is 2. The number of hydrogen-bond acceptors (Lipinski definition) is 3. The summed E-state index contributed by atoms with van der Waals surface area (Å²) >= 11 is 3.24. The topological polar surface area (TPSA) is 53.6 Å². The summed E-state index contributed by atoms with van der Waals surface area (Å²) in [6.45, 7) is 0.472. The summed E-state index contributed by atoms with van der Waals surface area (Å²) in [5.41, 5.74) is 3.23. The molecular weight excluding hydrogens is 335 g/mol. The molecule has 21 heavy (non-hydrogen) atoms. The highest BCUT2D eigenvalue weighted by molar-refractivity contribution is 9.10. The minimum absolute atomic E-state index is 0.296. The van der Waals surface area contributed by atoms with Crippen molar-refractivity contribution in [3.8, 4) is 11.3 Å². The van der Waals surface area contributed by atoms with E-state index >= 15 is 0 Å². The second-order valence-corrected chi connectivity index (χ2v) is 5.41. The molecule has 0 radical (unpaired) electrons. The van der Waals surface area contributed by atoms with Crippen molar-refractivity contribution in [3.05, 3.63) is 64.8 Å². The van der Waals surface area contributed by atoms with E-state index in [9.17, 15) is 4.39 Å². The van der Waals surface area contributed by atoms with Gasteiger partial charge in [-0.25, -0.2) is 4.39 Å². The van der Waals surface area contributed by atoms with E-state index in [4.69, 9.17) is 0 Å². The van der Waals surface area contributed by atoms with E-state index in [1.54, 1.807) is 30.7 Å². The molecule has 0 aliphatic carbocycles. The zero-order valence-electron chi connectivity index (χ0n) is 11.0. The van der Waals surface area contributed by atoms with Crippen LogP contribution in [0.5, 0.6) is 0 Å². The fourth-order valence-corrected chi connectivity index (χ4v) is 2.36. The Balaban J connectivity index is 1.79. The monoisotopic (exact) mass is 346 g/mol. The summed E-state index contributed by atoms with van der Waals surface area (Å²) in [7, 11) is 0. The average Bonchev–Trinajstić information content (AvgIpc) is 2.96. The van der Waals surface area contributed by atoms with Crippen molar-refractivity contribution in [3.63, 3.8) is 0 Å². The first-order valence-electron chi connectivity index (χ1n) is 6.35.